The molecule has 0 spiro atoms. The smallest absolute Gasteiger partial charge is 0.191 e. The van der Waals surface area contributed by atoms with E-state index >= 15 is 0 Å². The molecule has 154 valence electrons. The molecule has 1 aliphatic heterocycles. The standard InChI is InChI=1S/C21H29N3O2S.HI/c1-16-5-6-18(20(12-16)26-14-19-4-3-10-25-19)13-24-21(22-2)23-9-7-17-8-11-27-15-17;/h5-6,8,11-12,15,19H,3-4,7,9-10,13-14H2,1-2H3,(H2,22,23,24);1H. The van der Waals surface area contributed by atoms with Crippen LogP contribution in [-0.2, 0) is 17.7 Å². The number of nitrogens with one attached hydrogen (secondary N) is 2. The number of guanidine groups is 1. The van der Waals surface area contributed by atoms with Crippen molar-refractivity contribution in [1.29, 1.82) is 0 Å². The molecule has 0 amide bonds. The molecule has 1 saturated heterocycles. The lowest BCUT2D eigenvalue weighted by Crippen LogP contribution is -2.37. The van der Waals surface area contributed by atoms with Gasteiger partial charge in [-0.3, -0.25) is 4.99 Å². The van der Waals surface area contributed by atoms with Gasteiger partial charge in [-0.2, -0.15) is 11.3 Å². The maximum atomic E-state index is 6.07. The minimum atomic E-state index is 0. The number of rotatable bonds is 8. The largest absolute Gasteiger partial charge is 0.491 e. The molecule has 7 heteroatoms. The van der Waals surface area contributed by atoms with E-state index in [2.05, 4.69) is 57.6 Å². The van der Waals surface area contributed by atoms with Crippen LogP contribution in [0.4, 0.5) is 0 Å². The Labute approximate surface area is 189 Å². The van der Waals surface area contributed by atoms with Gasteiger partial charge in [-0.1, -0.05) is 12.1 Å². The monoisotopic (exact) mass is 515 g/mol. The third kappa shape index (κ3) is 7.25. The first-order valence-electron chi connectivity index (χ1n) is 9.54. The fourth-order valence-corrected chi connectivity index (χ4v) is 3.76. The molecule has 28 heavy (non-hydrogen) atoms. The van der Waals surface area contributed by atoms with E-state index in [1.54, 1.807) is 18.4 Å². The fraction of sp³-hybridized carbons (Fsp3) is 0.476. The highest BCUT2D eigenvalue weighted by atomic mass is 127. The molecule has 1 aliphatic rings. The van der Waals surface area contributed by atoms with Gasteiger partial charge in [0, 0.05) is 32.3 Å². The molecule has 1 unspecified atom stereocenters. The van der Waals surface area contributed by atoms with Gasteiger partial charge in [0.05, 0.1) is 6.10 Å². The predicted octanol–water partition coefficient (Wildman–Crippen LogP) is 4.14. The van der Waals surface area contributed by atoms with Gasteiger partial charge in [-0.05, 0) is 60.2 Å². The van der Waals surface area contributed by atoms with Gasteiger partial charge in [0.2, 0.25) is 0 Å². The highest BCUT2D eigenvalue weighted by Crippen LogP contribution is 2.22. The molecule has 1 aromatic heterocycles. The number of ether oxygens (including phenoxy) is 2. The summed E-state index contributed by atoms with van der Waals surface area (Å²) in [6.45, 7) is 5.07. The van der Waals surface area contributed by atoms with Crippen molar-refractivity contribution in [2.75, 3.05) is 26.8 Å². The molecule has 1 aromatic carbocycles. The van der Waals surface area contributed by atoms with Crippen LogP contribution >= 0.6 is 35.3 Å². The Balaban J connectivity index is 0.00000280. The van der Waals surface area contributed by atoms with Gasteiger partial charge in [0.15, 0.2) is 5.96 Å². The molecule has 3 rings (SSSR count). The molecular weight excluding hydrogens is 485 g/mol. The summed E-state index contributed by atoms with van der Waals surface area (Å²) < 4.78 is 11.7. The van der Waals surface area contributed by atoms with E-state index in [9.17, 15) is 0 Å². The maximum Gasteiger partial charge on any atom is 0.191 e. The Bertz CT molecular complexity index is 731. The van der Waals surface area contributed by atoms with Crippen LogP contribution in [0.25, 0.3) is 0 Å². The first-order valence-corrected chi connectivity index (χ1v) is 10.5. The van der Waals surface area contributed by atoms with Crippen LogP contribution in [0.5, 0.6) is 5.75 Å². The maximum absolute atomic E-state index is 6.07. The summed E-state index contributed by atoms with van der Waals surface area (Å²) in [5.74, 6) is 1.72. The van der Waals surface area contributed by atoms with E-state index < -0.39 is 0 Å². The Hall–Kier alpha value is -1.32. The van der Waals surface area contributed by atoms with Gasteiger partial charge >= 0.3 is 0 Å². The lowest BCUT2D eigenvalue weighted by Gasteiger charge is -2.17. The third-order valence-corrected chi connectivity index (χ3v) is 5.36. The molecule has 5 nitrogen and oxygen atoms in total. The van der Waals surface area contributed by atoms with Gasteiger partial charge in [0.1, 0.15) is 12.4 Å². The third-order valence-electron chi connectivity index (χ3n) is 4.63. The second-order valence-electron chi connectivity index (χ2n) is 6.79. The summed E-state index contributed by atoms with van der Waals surface area (Å²) in [5.41, 5.74) is 3.67. The Morgan fingerprint density at radius 3 is 2.93 bits per heavy atom. The average Bonchev–Trinajstić information content (AvgIpc) is 3.37. The molecule has 2 N–H and O–H groups in total. The van der Waals surface area contributed by atoms with Gasteiger partial charge in [-0.15, -0.1) is 24.0 Å². The zero-order chi connectivity index (χ0) is 18.9. The van der Waals surface area contributed by atoms with Crippen molar-refractivity contribution < 1.29 is 9.47 Å². The number of aliphatic imine (C=N–C) groups is 1. The van der Waals surface area contributed by atoms with Crippen molar-refractivity contribution in [2.45, 2.75) is 38.8 Å². The van der Waals surface area contributed by atoms with Gasteiger partial charge < -0.3 is 20.1 Å². The second-order valence-corrected chi connectivity index (χ2v) is 7.57. The van der Waals surface area contributed by atoms with E-state index in [-0.39, 0.29) is 30.1 Å². The highest BCUT2D eigenvalue weighted by molar-refractivity contribution is 14.0. The van der Waals surface area contributed by atoms with E-state index in [0.29, 0.717) is 13.2 Å². The predicted molar refractivity (Wildman–Crippen MR) is 127 cm³/mol. The van der Waals surface area contributed by atoms with Crippen molar-refractivity contribution in [3.8, 4) is 5.75 Å². The van der Waals surface area contributed by atoms with Crippen LogP contribution in [0.15, 0.2) is 40.0 Å². The van der Waals surface area contributed by atoms with Gasteiger partial charge in [0.25, 0.3) is 0 Å². The summed E-state index contributed by atoms with van der Waals surface area (Å²) in [6, 6.07) is 8.49. The lowest BCUT2D eigenvalue weighted by molar-refractivity contribution is 0.0676. The molecular formula is C21H30IN3O2S. The number of thiophene rings is 1. The van der Waals surface area contributed by atoms with E-state index in [1.165, 1.54) is 11.1 Å². The highest BCUT2D eigenvalue weighted by Gasteiger charge is 2.17. The van der Waals surface area contributed by atoms with E-state index in [4.69, 9.17) is 9.47 Å². The molecule has 0 saturated carbocycles. The number of hydrogen-bond donors (Lipinski definition) is 2. The van der Waals surface area contributed by atoms with Crippen LogP contribution in [-0.4, -0.2) is 38.9 Å². The normalized spacial score (nSPS) is 16.5. The quantitative estimate of drug-likeness (QED) is 0.315. The second kappa shape index (κ2) is 12.3. The van der Waals surface area contributed by atoms with Crippen molar-refractivity contribution in [1.82, 2.24) is 10.6 Å². The van der Waals surface area contributed by atoms with Crippen LogP contribution < -0.4 is 15.4 Å². The Kier molecular flexibility index (Phi) is 10.1. The first-order chi connectivity index (χ1) is 13.2. The molecule has 0 aliphatic carbocycles. The summed E-state index contributed by atoms with van der Waals surface area (Å²) in [5, 5.41) is 11.0. The van der Waals surface area contributed by atoms with Crippen LogP contribution in [0.3, 0.4) is 0 Å². The molecule has 1 atom stereocenters. The Morgan fingerprint density at radius 2 is 2.21 bits per heavy atom. The minimum absolute atomic E-state index is 0. The molecule has 0 radical (unpaired) electrons. The lowest BCUT2D eigenvalue weighted by atomic mass is 10.1. The van der Waals surface area contributed by atoms with Crippen molar-refractivity contribution in [3.05, 3.63) is 51.7 Å². The number of benzene rings is 1. The SMILES string of the molecule is CN=C(NCCc1ccsc1)NCc1ccc(C)cc1OCC1CCCO1.I. The number of nitrogens with zero attached hydrogens (tertiary/aromatic N) is 1. The number of hydrogen-bond acceptors (Lipinski definition) is 4. The fourth-order valence-electron chi connectivity index (χ4n) is 3.06. The Morgan fingerprint density at radius 1 is 1.32 bits per heavy atom. The molecule has 0 bridgehead atoms. The average molecular weight is 515 g/mol. The molecule has 2 aromatic rings. The summed E-state index contributed by atoms with van der Waals surface area (Å²) in [4.78, 5) is 4.31. The molecule has 2 heterocycles. The van der Waals surface area contributed by atoms with Crippen molar-refractivity contribution in [2.24, 2.45) is 4.99 Å². The van der Waals surface area contributed by atoms with Crippen LogP contribution in [0.1, 0.15) is 29.5 Å². The number of halogens is 1. The van der Waals surface area contributed by atoms with Crippen molar-refractivity contribution in [3.63, 3.8) is 0 Å². The van der Waals surface area contributed by atoms with E-state index in [0.717, 1.165) is 49.7 Å². The van der Waals surface area contributed by atoms with Crippen LogP contribution in [0.2, 0.25) is 0 Å². The number of aryl methyl sites for hydroxylation is 1. The minimum Gasteiger partial charge on any atom is -0.491 e. The van der Waals surface area contributed by atoms with Crippen molar-refractivity contribution >= 4 is 41.3 Å². The van der Waals surface area contributed by atoms with Crippen LogP contribution in [0, 0.1) is 6.92 Å². The molecule has 1 fully saturated rings. The summed E-state index contributed by atoms with van der Waals surface area (Å²) in [6.07, 6.45) is 3.42. The topological polar surface area (TPSA) is 54.9 Å². The summed E-state index contributed by atoms with van der Waals surface area (Å²) in [7, 11) is 1.80. The summed E-state index contributed by atoms with van der Waals surface area (Å²) >= 11 is 1.73. The zero-order valence-corrected chi connectivity index (χ0v) is 19.7. The first kappa shape index (κ1) is 23.0. The van der Waals surface area contributed by atoms with E-state index in [1.807, 2.05) is 0 Å². The van der Waals surface area contributed by atoms with Gasteiger partial charge in [-0.25, -0.2) is 0 Å². The zero-order valence-electron chi connectivity index (χ0n) is 16.6.